The van der Waals surface area contributed by atoms with Crippen LogP contribution in [0.15, 0.2) is 42.7 Å². The summed E-state index contributed by atoms with van der Waals surface area (Å²) < 4.78 is 2.01. The van der Waals surface area contributed by atoms with Gasteiger partial charge in [0.05, 0.1) is 6.54 Å². The zero-order chi connectivity index (χ0) is 19.3. The molecular weight excluding hydrogens is 352 g/mol. The average Bonchev–Trinajstić information content (AvgIpc) is 3.37. The summed E-state index contributed by atoms with van der Waals surface area (Å²) in [5.74, 6) is 2.43. The van der Waals surface area contributed by atoms with E-state index in [9.17, 15) is 0 Å². The van der Waals surface area contributed by atoms with Gasteiger partial charge in [0.15, 0.2) is 0 Å². The molecular formula is C20H22N8. The molecule has 0 aliphatic carbocycles. The highest BCUT2D eigenvalue weighted by molar-refractivity contribution is 5.79. The van der Waals surface area contributed by atoms with E-state index in [0.717, 1.165) is 47.6 Å². The maximum Gasteiger partial charge on any atom is 0.205 e. The van der Waals surface area contributed by atoms with Crippen molar-refractivity contribution >= 4 is 0 Å². The molecule has 0 unspecified atom stereocenters. The molecule has 0 saturated carbocycles. The molecule has 142 valence electrons. The third-order valence-electron chi connectivity index (χ3n) is 4.61. The van der Waals surface area contributed by atoms with Crippen LogP contribution in [0.2, 0.25) is 0 Å². The van der Waals surface area contributed by atoms with Gasteiger partial charge in [-0.2, -0.15) is 10.3 Å². The first-order valence-electron chi connectivity index (χ1n) is 9.42. The number of nitrogens with one attached hydrogen (secondary N) is 1. The van der Waals surface area contributed by atoms with Crippen molar-refractivity contribution in [2.75, 3.05) is 0 Å². The number of tetrazole rings is 1. The monoisotopic (exact) mass is 374 g/mol. The zero-order valence-corrected chi connectivity index (χ0v) is 16.0. The molecule has 0 amide bonds. The van der Waals surface area contributed by atoms with E-state index in [1.807, 2.05) is 23.9 Å². The second-order valence-corrected chi connectivity index (χ2v) is 6.69. The standard InChI is InChI=1S/C20H22N8/c1-3-4-5-19-22-14(2)25-28(19)13-15-6-8-16(9-7-15)18-12-21-11-10-17(18)20-23-26-27-24-20/h6-12H,3-5,13H2,1-2H3,(H,23,24,26,27). The zero-order valence-electron chi connectivity index (χ0n) is 16.0. The van der Waals surface area contributed by atoms with Crippen LogP contribution in [-0.2, 0) is 13.0 Å². The van der Waals surface area contributed by atoms with Crippen LogP contribution in [0.1, 0.15) is 37.0 Å². The van der Waals surface area contributed by atoms with Crippen LogP contribution in [0.5, 0.6) is 0 Å². The summed E-state index contributed by atoms with van der Waals surface area (Å²) >= 11 is 0. The highest BCUT2D eigenvalue weighted by Crippen LogP contribution is 2.29. The molecule has 0 atom stereocenters. The first-order valence-corrected chi connectivity index (χ1v) is 9.42. The predicted molar refractivity (Wildman–Crippen MR) is 105 cm³/mol. The Morgan fingerprint density at radius 1 is 1.07 bits per heavy atom. The van der Waals surface area contributed by atoms with E-state index in [1.54, 1.807) is 6.20 Å². The quantitative estimate of drug-likeness (QED) is 0.533. The molecule has 28 heavy (non-hydrogen) atoms. The largest absolute Gasteiger partial charge is 0.264 e. The number of unbranched alkanes of at least 4 members (excludes halogenated alkanes) is 1. The van der Waals surface area contributed by atoms with Crippen LogP contribution in [-0.4, -0.2) is 40.4 Å². The molecule has 0 radical (unpaired) electrons. The first kappa shape index (κ1) is 18.0. The topological polar surface area (TPSA) is 98.1 Å². The summed E-state index contributed by atoms with van der Waals surface area (Å²) in [5.41, 5.74) is 4.09. The predicted octanol–water partition coefficient (Wildman–Crippen LogP) is 3.22. The van der Waals surface area contributed by atoms with Crippen molar-refractivity contribution in [3.8, 4) is 22.5 Å². The fraction of sp³-hybridized carbons (Fsp3) is 0.300. The Morgan fingerprint density at radius 2 is 1.93 bits per heavy atom. The molecule has 4 rings (SSSR count). The van der Waals surface area contributed by atoms with Crippen LogP contribution in [0.4, 0.5) is 0 Å². The number of aromatic nitrogens is 8. The third kappa shape index (κ3) is 3.80. The molecule has 3 aromatic heterocycles. The fourth-order valence-electron chi connectivity index (χ4n) is 3.20. The number of pyridine rings is 1. The molecule has 0 saturated heterocycles. The SMILES string of the molecule is CCCCc1nc(C)nn1Cc1ccc(-c2cnccc2-c2nn[nH]n2)cc1. The Balaban J connectivity index is 1.58. The van der Waals surface area contributed by atoms with E-state index >= 15 is 0 Å². The first-order chi connectivity index (χ1) is 13.7. The molecule has 8 heteroatoms. The number of rotatable bonds is 7. The Hall–Kier alpha value is -3.42. The van der Waals surface area contributed by atoms with Crippen molar-refractivity contribution in [2.24, 2.45) is 0 Å². The van der Waals surface area contributed by atoms with Gasteiger partial charge in [0.2, 0.25) is 5.82 Å². The molecule has 0 aliphatic rings. The van der Waals surface area contributed by atoms with Crippen LogP contribution >= 0.6 is 0 Å². The van der Waals surface area contributed by atoms with Crippen molar-refractivity contribution in [2.45, 2.75) is 39.7 Å². The average molecular weight is 374 g/mol. The van der Waals surface area contributed by atoms with Gasteiger partial charge >= 0.3 is 0 Å². The van der Waals surface area contributed by atoms with Gasteiger partial charge in [-0.3, -0.25) is 4.98 Å². The van der Waals surface area contributed by atoms with Gasteiger partial charge in [-0.1, -0.05) is 37.6 Å². The van der Waals surface area contributed by atoms with E-state index in [0.29, 0.717) is 12.4 Å². The van der Waals surface area contributed by atoms with Crippen LogP contribution < -0.4 is 0 Å². The van der Waals surface area contributed by atoms with Crippen LogP contribution in [0.3, 0.4) is 0 Å². The summed E-state index contributed by atoms with van der Waals surface area (Å²) in [4.78, 5) is 8.83. The molecule has 4 aromatic rings. The second-order valence-electron chi connectivity index (χ2n) is 6.69. The number of nitrogens with zero attached hydrogens (tertiary/aromatic N) is 7. The smallest absolute Gasteiger partial charge is 0.205 e. The molecule has 8 nitrogen and oxygen atoms in total. The number of benzene rings is 1. The van der Waals surface area contributed by atoms with Crippen molar-refractivity contribution in [1.29, 1.82) is 0 Å². The lowest BCUT2D eigenvalue weighted by Crippen LogP contribution is -2.07. The Kier molecular flexibility index (Phi) is 5.18. The van der Waals surface area contributed by atoms with Crippen molar-refractivity contribution in [3.63, 3.8) is 0 Å². The fourth-order valence-corrected chi connectivity index (χ4v) is 3.20. The highest BCUT2D eigenvalue weighted by Gasteiger charge is 2.12. The minimum absolute atomic E-state index is 0.556. The number of aryl methyl sites for hydroxylation is 2. The Morgan fingerprint density at radius 3 is 2.68 bits per heavy atom. The lowest BCUT2D eigenvalue weighted by Gasteiger charge is -2.09. The summed E-state index contributed by atoms with van der Waals surface area (Å²) in [7, 11) is 0. The van der Waals surface area contributed by atoms with Gasteiger partial charge in [-0.05, 0) is 35.8 Å². The van der Waals surface area contributed by atoms with E-state index in [1.165, 1.54) is 5.56 Å². The van der Waals surface area contributed by atoms with Gasteiger partial charge < -0.3 is 0 Å². The number of H-pyrrole nitrogens is 1. The van der Waals surface area contributed by atoms with E-state index in [2.05, 4.69) is 66.9 Å². The van der Waals surface area contributed by atoms with E-state index in [4.69, 9.17) is 0 Å². The van der Waals surface area contributed by atoms with Crippen molar-refractivity contribution in [1.82, 2.24) is 40.4 Å². The molecule has 0 fully saturated rings. The maximum absolute atomic E-state index is 4.57. The normalized spacial score (nSPS) is 11.1. The van der Waals surface area contributed by atoms with Gasteiger partial charge in [0.25, 0.3) is 0 Å². The Labute approximate surface area is 163 Å². The molecule has 0 bridgehead atoms. The van der Waals surface area contributed by atoms with Gasteiger partial charge in [-0.25, -0.2) is 9.67 Å². The molecule has 1 N–H and O–H groups in total. The molecule has 0 spiro atoms. The number of aromatic amines is 1. The number of hydrogen-bond acceptors (Lipinski definition) is 6. The minimum atomic E-state index is 0.556. The van der Waals surface area contributed by atoms with Gasteiger partial charge in [0, 0.05) is 29.9 Å². The van der Waals surface area contributed by atoms with E-state index < -0.39 is 0 Å². The summed E-state index contributed by atoms with van der Waals surface area (Å²) in [6, 6.07) is 10.3. The van der Waals surface area contributed by atoms with Crippen molar-refractivity contribution in [3.05, 3.63) is 59.9 Å². The molecule has 3 heterocycles. The number of hydrogen-bond donors (Lipinski definition) is 1. The lowest BCUT2D eigenvalue weighted by molar-refractivity contribution is 0.616. The van der Waals surface area contributed by atoms with E-state index in [-0.39, 0.29) is 0 Å². The third-order valence-corrected chi connectivity index (χ3v) is 4.61. The summed E-state index contributed by atoms with van der Waals surface area (Å²) in [5, 5.41) is 18.9. The van der Waals surface area contributed by atoms with Crippen LogP contribution in [0, 0.1) is 6.92 Å². The molecule has 1 aromatic carbocycles. The molecule has 0 aliphatic heterocycles. The van der Waals surface area contributed by atoms with Crippen molar-refractivity contribution < 1.29 is 0 Å². The second kappa shape index (κ2) is 8.08. The van der Waals surface area contributed by atoms with Crippen LogP contribution in [0.25, 0.3) is 22.5 Å². The van der Waals surface area contributed by atoms with Gasteiger partial charge in [0.1, 0.15) is 11.6 Å². The van der Waals surface area contributed by atoms with Gasteiger partial charge in [-0.15, -0.1) is 10.2 Å². The Bertz CT molecular complexity index is 1030. The summed E-state index contributed by atoms with van der Waals surface area (Å²) in [6.45, 7) is 4.84. The minimum Gasteiger partial charge on any atom is -0.264 e. The lowest BCUT2D eigenvalue weighted by atomic mass is 10.0. The summed E-state index contributed by atoms with van der Waals surface area (Å²) in [6.07, 6.45) is 6.78. The maximum atomic E-state index is 4.57. The highest BCUT2D eigenvalue weighted by atomic mass is 15.5.